The van der Waals surface area contributed by atoms with Crippen molar-refractivity contribution in [1.29, 1.82) is 0 Å². The van der Waals surface area contributed by atoms with Gasteiger partial charge in [-0.2, -0.15) is 0 Å². The number of carbonyl (C=O) groups excluding carboxylic acids is 2. The third-order valence-corrected chi connectivity index (χ3v) is 4.55. The minimum absolute atomic E-state index is 0.0594. The summed E-state index contributed by atoms with van der Waals surface area (Å²) >= 11 is 0. The van der Waals surface area contributed by atoms with E-state index in [1.807, 2.05) is 58.0 Å². The molecular formula is C21H32N2O3. The molecule has 144 valence electrons. The SMILES string of the molecule is CCC(=O)N(c1ccccc1)C(CC1CCCNC1)C(=O)OC(C)(C)C. The Balaban J connectivity index is 2.33. The summed E-state index contributed by atoms with van der Waals surface area (Å²) in [5, 5.41) is 3.39. The standard InChI is InChI=1S/C21H32N2O3/c1-5-19(24)23(17-11-7-6-8-12-17)18(20(25)26-21(2,3)4)14-16-10-9-13-22-15-16/h6-8,11-12,16,18,22H,5,9-10,13-15H2,1-4H3. The van der Waals surface area contributed by atoms with E-state index in [-0.39, 0.29) is 11.9 Å². The second-order valence-electron chi connectivity index (χ2n) is 7.95. The van der Waals surface area contributed by atoms with Gasteiger partial charge in [-0.1, -0.05) is 25.1 Å². The van der Waals surface area contributed by atoms with Gasteiger partial charge < -0.3 is 10.1 Å². The first-order valence-electron chi connectivity index (χ1n) is 9.62. The van der Waals surface area contributed by atoms with E-state index < -0.39 is 11.6 Å². The number of esters is 1. The van der Waals surface area contributed by atoms with Crippen LogP contribution >= 0.6 is 0 Å². The monoisotopic (exact) mass is 360 g/mol. The van der Waals surface area contributed by atoms with Crippen molar-refractivity contribution in [2.24, 2.45) is 5.92 Å². The highest BCUT2D eigenvalue weighted by Crippen LogP contribution is 2.26. The van der Waals surface area contributed by atoms with Gasteiger partial charge in [0.15, 0.2) is 0 Å². The summed E-state index contributed by atoms with van der Waals surface area (Å²) in [4.78, 5) is 27.4. The summed E-state index contributed by atoms with van der Waals surface area (Å²) in [7, 11) is 0. The molecule has 1 fully saturated rings. The van der Waals surface area contributed by atoms with E-state index in [2.05, 4.69) is 5.32 Å². The quantitative estimate of drug-likeness (QED) is 0.789. The number of para-hydroxylation sites is 1. The molecule has 26 heavy (non-hydrogen) atoms. The number of rotatable bonds is 6. The molecule has 0 bridgehead atoms. The molecule has 1 aliphatic heterocycles. The molecule has 5 nitrogen and oxygen atoms in total. The number of hydrogen-bond acceptors (Lipinski definition) is 4. The fourth-order valence-corrected chi connectivity index (χ4v) is 3.37. The van der Waals surface area contributed by atoms with Gasteiger partial charge in [-0.3, -0.25) is 9.69 Å². The summed E-state index contributed by atoms with van der Waals surface area (Å²) in [5.41, 5.74) is 0.164. The highest BCUT2D eigenvalue weighted by molar-refractivity contribution is 5.99. The molecule has 1 amide bonds. The van der Waals surface area contributed by atoms with Crippen LogP contribution in [0.2, 0.25) is 0 Å². The van der Waals surface area contributed by atoms with E-state index in [0.29, 0.717) is 18.8 Å². The van der Waals surface area contributed by atoms with Crippen LogP contribution in [0.25, 0.3) is 0 Å². The lowest BCUT2D eigenvalue weighted by atomic mass is 9.91. The molecule has 0 saturated carbocycles. The van der Waals surface area contributed by atoms with Crippen LogP contribution in [0.5, 0.6) is 0 Å². The predicted octanol–water partition coefficient (Wildman–Crippen LogP) is 3.53. The Labute approximate surface area is 157 Å². The number of ether oxygens (including phenoxy) is 1. The van der Waals surface area contributed by atoms with Crippen LogP contribution in [0.1, 0.15) is 53.4 Å². The molecule has 1 saturated heterocycles. The van der Waals surface area contributed by atoms with Crippen molar-refractivity contribution in [2.45, 2.75) is 65.0 Å². The maximum atomic E-state index is 13.0. The molecule has 1 aromatic rings. The number of nitrogens with one attached hydrogen (secondary N) is 1. The van der Waals surface area contributed by atoms with E-state index in [1.165, 1.54) is 0 Å². The van der Waals surface area contributed by atoms with Crippen LogP contribution in [0.15, 0.2) is 30.3 Å². The molecule has 2 atom stereocenters. The maximum Gasteiger partial charge on any atom is 0.329 e. The van der Waals surface area contributed by atoms with Gasteiger partial charge in [-0.25, -0.2) is 4.79 Å². The fourth-order valence-electron chi connectivity index (χ4n) is 3.37. The van der Waals surface area contributed by atoms with Gasteiger partial charge in [0.1, 0.15) is 11.6 Å². The van der Waals surface area contributed by atoms with Gasteiger partial charge in [0.05, 0.1) is 0 Å². The normalized spacial score (nSPS) is 18.8. The summed E-state index contributed by atoms with van der Waals surface area (Å²) in [6.45, 7) is 9.30. The summed E-state index contributed by atoms with van der Waals surface area (Å²) < 4.78 is 5.69. The number of nitrogens with zero attached hydrogens (tertiary/aromatic N) is 1. The van der Waals surface area contributed by atoms with Crippen molar-refractivity contribution in [1.82, 2.24) is 5.32 Å². The van der Waals surface area contributed by atoms with E-state index in [4.69, 9.17) is 4.74 Å². The molecule has 0 aliphatic carbocycles. The topological polar surface area (TPSA) is 58.6 Å². The smallest absolute Gasteiger partial charge is 0.329 e. The van der Waals surface area contributed by atoms with Crippen molar-refractivity contribution < 1.29 is 14.3 Å². The molecule has 0 radical (unpaired) electrons. The number of piperidine rings is 1. The second-order valence-corrected chi connectivity index (χ2v) is 7.95. The van der Waals surface area contributed by atoms with E-state index in [9.17, 15) is 9.59 Å². The van der Waals surface area contributed by atoms with Gasteiger partial charge in [0.2, 0.25) is 5.91 Å². The third-order valence-electron chi connectivity index (χ3n) is 4.55. The number of amides is 1. The maximum absolute atomic E-state index is 13.0. The molecule has 5 heteroatoms. The molecular weight excluding hydrogens is 328 g/mol. The predicted molar refractivity (Wildman–Crippen MR) is 104 cm³/mol. The summed E-state index contributed by atoms with van der Waals surface area (Å²) in [6, 6.07) is 8.84. The molecule has 2 unspecified atom stereocenters. The Morgan fingerprint density at radius 3 is 2.50 bits per heavy atom. The molecule has 1 heterocycles. The van der Waals surface area contributed by atoms with Crippen molar-refractivity contribution in [3.05, 3.63) is 30.3 Å². The lowest BCUT2D eigenvalue weighted by molar-refractivity contribution is -0.157. The minimum atomic E-state index is -0.603. The zero-order chi connectivity index (χ0) is 19.2. The van der Waals surface area contributed by atoms with Crippen LogP contribution in [-0.4, -0.2) is 36.6 Å². The minimum Gasteiger partial charge on any atom is -0.458 e. The first kappa shape index (κ1) is 20.4. The largest absolute Gasteiger partial charge is 0.458 e. The van der Waals surface area contributed by atoms with Gasteiger partial charge in [-0.15, -0.1) is 0 Å². The average molecular weight is 360 g/mol. The highest BCUT2D eigenvalue weighted by atomic mass is 16.6. The third kappa shape index (κ3) is 5.84. The molecule has 1 N–H and O–H groups in total. The highest BCUT2D eigenvalue weighted by Gasteiger charge is 2.35. The van der Waals surface area contributed by atoms with E-state index in [0.717, 1.165) is 31.6 Å². The summed E-state index contributed by atoms with van der Waals surface area (Å²) in [6.07, 6.45) is 3.12. The Morgan fingerprint density at radius 1 is 1.27 bits per heavy atom. The van der Waals surface area contributed by atoms with E-state index in [1.54, 1.807) is 4.90 Å². The number of hydrogen-bond donors (Lipinski definition) is 1. The van der Waals surface area contributed by atoms with Crippen molar-refractivity contribution in [2.75, 3.05) is 18.0 Å². The fraction of sp³-hybridized carbons (Fsp3) is 0.619. The Hall–Kier alpha value is -1.88. The Kier molecular flexibility index (Phi) is 7.21. The average Bonchev–Trinajstić information content (AvgIpc) is 2.61. The van der Waals surface area contributed by atoms with Crippen LogP contribution < -0.4 is 10.2 Å². The number of anilines is 1. The summed E-state index contributed by atoms with van der Waals surface area (Å²) in [5.74, 6) is -0.0262. The number of carbonyl (C=O) groups is 2. The zero-order valence-corrected chi connectivity index (χ0v) is 16.5. The lowest BCUT2D eigenvalue weighted by Gasteiger charge is -2.35. The van der Waals surface area contributed by atoms with Gasteiger partial charge in [0.25, 0.3) is 0 Å². The number of benzene rings is 1. The Bertz CT molecular complexity index is 589. The molecule has 1 aliphatic rings. The van der Waals surface area contributed by atoms with Crippen molar-refractivity contribution in [3.63, 3.8) is 0 Å². The first-order chi connectivity index (χ1) is 12.3. The molecule has 1 aromatic carbocycles. The van der Waals surface area contributed by atoms with Gasteiger partial charge >= 0.3 is 5.97 Å². The van der Waals surface area contributed by atoms with E-state index >= 15 is 0 Å². The molecule has 0 spiro atoms. The van der Waals surface area contributed by atoms with Gasteiger partial charge in [-0.05, 0) is 71.2 Å². The van der Waals surface area contributed by atoms with Crippen molar-refractivity contribution in [3.8, 4) is 0 Å². The van der Waals surface area contributed by atoms with Gasteiger partial charge in [0, 0.05) is 12.1 Å². The van der Waals surface area contributed by atoms with Crippen molar-refractivity contribution >= 4 is 17.6 Å². The lowest BCUT2D eigenvalue weighted by Crippen LogP contribution is -2.49. The van der Waals surface area contributed by atoms with Crippen LogP contribution in [0, 0.1) is 5.92 Å². The molecule has 0 aromatic heterocycles. The first-order valence-corrected chi connectivity index (χ1v) is 9.62. The molecule has 2 rings (SSSR count). The van der Waals surface area contributed by atoms with Crippen LogP contribution in [0.3, 0.4) is 0 Å². The van der Waals surface area contributed by atoms with Crippen LogP contribution in [0.4, 0.5) is 5.69 Å². The second kappa shape index (κ2) is 9.17. The Morgan fingerprint density at radius 2 is 1.96 bits per heavy atom. The van der Waals surface area contributed by atoms with Crippen LogP contribution in [-0.2, 0) is 14.3 Å². The zero-order valence-electron chi connectivity index (χ0n) is 16.5.